The Morgan fingerprint density at radius 1 is 1.12 bits per heavy atom. The van der Waals surface area contributed by atoms with Crippen LogP contribution in [0, 0.1) is 5.82 Å². The molecule has 0 saturated heterocycles. The second-order valence-electron chi connectivity index (χ2n) is 3.39. The molecule has 0 spiro atoms. The number of hydrogen-bond donors (Lipinski definition) is 1. The minimum absolute atomic E-state index is 0.207. The summed E-state index contributed by atoms with van der Waals surface area (Å²) in [6.45, 7) is 0.229. The molecule has 16 heavy (non-hydrogen) atoms. The zero-order chi connectivity index (χ0) is 11.4. The molecule has 2 aromatic rings. The predicted molar refractivity (Wildman–Crippen MR) is 56.0 cm³/mol. The van der Waals surface area contributed by atoms with Crippen molar-refractivity contribution in [2.24, 2.45) is 5.73 Å². The van der Waals surface area contributed by atoms with Gasteiger partial charge in [-0.1, -0.05) is 18.2 Å². The summed E-state index contributed by atoms with van der Waals surface area (Å²) in [5.74, 6) is 0.688. The second kappa shape index (κ2) is 4.85. The molecule has 0 aliphatic rings. The first-order valence-corrected chi connectivity index (χ1v) is 5.04. The summed E-state index contributed by atoms with van der Waals surface area (Å²) in [6, 6.07) is 6.65. The van der Waals surface area contributed by atoms with Crippen LogP contribution in [0.4, 0.5) is 4.39 Å². The van der Waals surface area contributed by atoms with E-state index >= 15 is 0 Å². The topological polar surface area (TPSA) is 64.9 Å². The van der Waals surface area contributed by atoms with Gasteiger partial charge >= 0.3 is 0 Å². The number of benzene rings is 1. The van der Waals surface area contributed by atoms with Crippen LogP contribution in [0.3, 0.4) is 0 Å². The minimum atomic E-state index is -0.207. The van der Waals surface area contributed by atoms with Crippen LogP contribution < -0.4 is 5.73 Å². The number of aromatic nitrogens is 2. The lowest BCUT2D eigenvalue weighted by molar-refractivity contribution is 0.449. The highest BCUT2D eigenvalue weighted by Gasteiger charge is 2.06. The lowest BCUT2D eigenvalue weighted by atomic mass is 10.1. The standard InChI is InChI=1S/C11H12FN3O/c12-9-4-2-1-3-8(9)5-6-10-14-15-11(7-13)16-10/h1-4H,5-7,13H2. The van der Waals surface area contributed by atoms with E-state index in [4.69, 9.17) is 10.2 Å². The number of hydrogen-bond acceptors (Lipinski definition) is 4. The second-order valence-corrected chi connectivity index (χ2v) is 3.39. The van der Waals surface area contributed by atoms with E-state index in [1.165, 1.54) is 6.07 Å². The quantitative estimate of drug-likeness (QED) is 0.848. The van der Waals surface area contributed by atoms with Crippen molar-refractivity contribution in [2.45, 2.75) is 19.4 Å². The fraction of sp³-hybridized carbons (Fsp3) is 0.273. The van der Waals surface area contributed by atoms with Crippen molar-refractivity contribution < 1.29 is 8.81 Å². The molecule has 0 bridgehead atoms. The van der Waals surface area contributed by atoms with Gasteiger partial charge in [0.25, 0.3) is 0 Å². The molecule has 0 aliphatic heterocycles. The van der Waals surface area contributed by atoms with Crippen molar-refractivity contribution in [2.75, 3.05) is 0 Å². The Bertz CT molecular complexity index is 470. The van der Waals surface area contributed by atoms with E-state index in [0.717, 1.165) is 0 Å². The first-order chi connectivity index (χ1) is 7.79. The van der Waals surface area contributed by atoms with Gasteiger partial charge in [0, 0.05) is 6.42 Å². The van der Waals surface area contributed by atoms with Gasteiger partial charge in [0.05, 0.1) is 6.54 Å². The molecule has 2 N–H and O–H groups in total. The Balaban J connectivity index is 1.99. The highest BCUT2D eigenvalue weighted by molar-refractivity contribution is 5.17. The van der Waals surface area contributed by atoms with Crippen LogP contribution in [0.15, 0.2) is 28.7 Å². The van der Waals surface area contributed by atoms with Crippen LogP contribution in [0.2, 0.25) is 0 Å². The lowest BCUT2D eigenvalue weighted by Crippen LogP contribution is -1.95. The van der Waals surface area contributed by atoms with Gasteiger partial charge in [-0.2, -0.15) is 0 Å². The third-order valence-electron chi connectivity index (χ3n) is 2.25. The number of nitrogens with two attached hydrogens (primary N) is 1. The van der Waals surface area contributed by atoms with Crippen molar-refractivity contribution in [3.05, 3.63) is 47.4 Å². The molecule has 0 fully saturated rings. The zero-order valence-corrected chi connectivity index (χ0v) is 8.69. The van der Waals surface area contributed by atoms with Crippen molar-refractivity contribution in [1.82, 2.24) is 10.2 Å². The predicted octanol–water partition coefficient (Wildman–Crippen LogP) is 1.45. The van der Waals surface area contributed by atoms with Crippen molar-refractivity contribution in [1.29, 1.82) is 0 Å². The summed E-state index contributed by atoms with van der Waals surface area (Å²) in [6.07, 6.45) is 1.06. The van der Waals surface area contributed by atoms with Crippen molar-refractivity contribution in [3.8, 4) is 0 Å². The first kappa shape index (κ1) is 10.8. The Morgan fingerprint density at radius 2 is 1.88 bits per heavy atom. The summed E-state index contributed by atoms with van der Waals surface area (Å²) < 4.78 is 18.5. The molecule has 5 heteroatoms. The fourth-order valence-corrected chi connectivity index (χ4v) is 1.41. The van der Waals surface area contributed by atoms with E-state index in [1.807, 2.05) is 0 Å². The molecule has 0 saturated carbocycles. The third-order valence-corrected chi connectivity index (χ3v) is 2.25. The average Bonchev–Trinajstić information content (AvgIpc) is 2.76. The van der Waals surface area contributed by atoms with Crippen LogP contribution in [-0.2, 0) is 19.4 Å². The van der Waals surface area contributed by atoms with E-state index in [0.29, 0.717) is 30.2 Å². The number of aryl methyl sites for hydroxylation is 2. The number of nitrogens with zero attached hydrogens (tertiary/aromatic N) is 2. The SMILES string of the molecule is NCc1nnc(CCc2ccccc2F)o1. The molecular formula is C11H12FN3O. The Hall–Kier alpha value is -1.75. The van der Waals surface area contributed by atoms with Gasteiger partial charge in [-0.3, -0.25) is 0 Å². The summed E-state index contributed by atoms with van der Waals surface area (Å²) in [7, 11) is 0. The summed E-state index contributed by atoms with van der Waals surface area (Å²) in [5, 5.41) is 7.55. The van der Waals surface area contributed by atoms with Crippen molar-refractivity contribution in [3.63, 3.8) is 0 Å². The summed E-state index contributed by atoms with van der Waals surface area (Å²) in [4.78, 5) is 0. The molecule has 1 heterocycles. The Labute approximate surface area is 92.3 Å². The Kier molecular flexibility index (Phi) is 3.26. The van der Waals surface area contributed by atoms with Gasteiger partial charge in [0.1, 0.15) is 5.82 Å². The first-order valence-electron chi connectivity index (χ1n) is 5.04. The smallest absolute Gasteiger partial charge is 0.230 e. The molecule has 1 aromatic heterocycles. The molecule has 0 amide bonds. The van der Waals surface area contributed by atoms with E-state index in [-0.39, 0.29) is 12.4 Å². The lowest BCUT2D eigenvalue weighted by Gasteiger charge is -1.99. The van der Waals surface area contributed by atoms with Gasteiger partial charge in [-0.15, -0.1) is 10.2 Å². The monoisotopic (exact) mass is 221 g/mol. The normalized spacial score (nSPS) is 10.6. The van der Waals surface area contributed by atoms with Crippen LogP contribution in [0.5, 0.6) is 0 Å². The average molecular weight is 221 g/mol. The highest BCUT2D eigenvalue weighted by Crippen LogP contribution is 2.10. The van der Waals surface area contributed by atoms with Gasteiger partial charge in [-0.25, -0.2) is 4.39 Å². The minimum Gasteiger partial charge on any atom is -0.424 e. The molecule has 84 valence electrons. The van der Waals surface area contributed by atoms with Crippen LogP contribution >= 0.6 is 0 Å². The molecule has 0 radical (unpaired) electrons. The molecule has 2 rings (SSSR count). The number of halogens is 1. The van der Waals surface area contributed by atoms with E-state index in [1.54, 1.807) is 18.2 Å². The maximum absolute atomic E-state index is 13.3. The Morgan fingerprint density at radius 3 is 2.56 bits per heavy atom. The van der Waals surface area contributed by atoms with Crippen LogP contribution in [-0.4, -0.2) is 10.2 Å². The van der Waals surface area contributed by atoms with Gasteiger partial charge < -0.3 is 10.2 Å². The van der Waals surface area contributed by atoms with Gasteiger partial charge in [-0.05, 0) is 18.1 Å². The number of rotatable bonds is 4. The van der Waals surface area contributed by atoms with Crippen LogP contribution in [0.25, 0.3) is 0 Å². The maximum atomic E-state index is 13.3. The van der Waals surface area contributed by atoms with Gasteiger partial charge in [0.15, 0.2) is 0 Å². The van der Waals surface area contributed by atoms with Gasteiger partial charge in [0.2, 0.25) is 11.8 Å². The molecule has 0 unspecified atom stereocenters. The molecule has 1 aromatic carbocycles. The largest absolute Gasteiger partial charge is 0.424 e. The highest BCUT2D eigenvalue weighted by atomic mass is 19.1. The third kappa shape index (κ3) is 2.43. The van der Waals surface area contributed by atoms with E-state index < -0.39 is 0 Å². The summed E-state index contributed by atoms with van der Waals surface area (Å²) >= 11 is 0. The van der Waals surface area contributed by atoms with E-state index in [2.05, 4.69) is 10.2 Å². The summed E-state index contributed by atoms with van der Waals surface area (Å²) in [5.41, 5.74) is 5.99. The molecule has 4 nitrogen and oxygen atoms in total. The molecular weight excluding hydrogens is 209 g/mol. The fourth-order valence-electron chi connectivity index (χ4n) is 1.41. The molecule has 0 atom stereocenters. The molecule has 0 aliphatic carbocycles. The van der Waals surface area contributed by atoms with Crippen molar-refractivity contribution >= 4 is 0 Å². The van der Waals surface area contributed by atoms with E-state index in [9.17, 15) is 4.39 Å². The van der Waals surface area contributed by atoms with Crippen LogP contribution in [0.1, 0.15) is 17.3 Å². The zero-order valence-electron chi connectivity index (χ0n) is 8.69. The maximum Gasteiger partial charge on any atom is 0.230 e.